The highest BCUT2D eigenvalue weighted by Crippen LogP contribution is 2.45. The largest absolute Gasteiger partial charge is 0.472 e. The predicted molar refractivity (Wildman–Crippen MR) is 478 cm³/mol. The van der Waals surface area contributed by atoms with E-state index in [-0.39, 0.29) is 25.7 Å². The van der Waals surface area contributed by atoms with Crippen LogP contribution in [-0.2, 0) is 65.4 Å². The molecule has 19 heteroatoms. The Morgan fingerprint density at radius 1 is 0.252 bits per heavy atom. The van der Waals surface area contributed by atoms with E-state index < -0.39 is 97.5 Å². The number of unbranched alkanes of at least 4 members (excludes halogenated alkanes) is 60. The van der Waals surface area contributed by atoms with Crippen molar-refractivity contribution in [2.24, 2.45) is 17.8 Å². The molecule has 115 heavy (non-hydrogen) atoms. The topological polar surface area (TPSA) is 237 Å². The third-order valence-electron chi connectivity index (χ3n) is 23.4. The van der Waals surface area contributed by atoms with Gasteiger partial charge in [0, 0.05) is 25.7 Å². The van der Waals surface area contributed by atoms with Crippen molar-refractivity contribution in [1.29, 1.82) is 0 Å². The summed E-state index contributed by atoms with van der Waals surface area (Å²) in [5, 5.41) is 10.7. The molecule has 0 bridgehead atoms. The van der Waals surface area contributed by atoms with Gasteiger partial charge in [-0.1, -0.05) is 466 Å². The lowest BCUT2D eigenvalue weighted by Crippen LogP contribution is -2.30. The molecule has 0 heterocycles. The summed E-state index contributed by atoms with van der Waals surface area (Å²) in [6.45, 7) is 12.2. The van der Waals surface area contributed by atoms with Crippen LogP contribution < -0.4 is 0 Å². The normalized spacial score (nSPS) is 14.2. The first-order chi connectivity index (χ1) is 55.8. The molecule has 0 saturated heterocycles. The Balaban J connectivity index is 5.24. The number of aliphatic hydroxyl groups is 1. The highest BCUT2D eigenvalue weighted by atomic mass is 31.2. The molecular formula is C96H188O17P2. The molecule has 0 aromatic heterocycles. The molecule has 0 amide bonds. The lowest BCUT2D eigenvalue weighted by molar-refractivity contribution is -0.161. The van der Waals surface area contributed by atoms with Crippen LogP contribution in [0, 0.1) is 17.8 Å². The minimum Gasteiger partial charge on any atom is -0.462 e. The summed E-state index contributed by atoms with van der Waals surface area (Å²) in [6.07, 6.45) is 80.5. The van der Waals surface area contributed by atoms with Crippen LogP contribution in [0.4, 0.5) is 0 Å². The SMILES string of the molecule is CCCCCCCCCCCCCCC(=O)OC[C@H](COP(=O)(O)OC[C@H](O)COP(=O)(O)OC[C@@H](COC(=O)CCCCCCCCCCCCCCCCCCCCC(C)CC)OC(=O)CCCCCCCCCCCCCCCCCCCCC(C)CC)OC(=O)CCCCCCCCCCCCCCCCCCC(C)C. The quantitative estimate of drug-likeness (QED) is 0.0222. The number of ether oxygens (including phenoxy) is 4. The number of carbonyl (C=O) groups is 4. The fourth-order valence-corrected chi connectivity index (χ4v) is 16.7. The van der Waals surface area contributed by atoms with Gasteiger partial charge in [-0.05, 0) is 43.4 Å². The Morgan fingerprint density at radius 3 is 0.661 bits per heavy atom. The number of phosphoric ester groups is 2. The number of rotatable bonds is 94. The first kappa shape index (κ1) is 113. The molecule has 0 aliphatic heterocycles. The molecule has 0 aliphatic carbocycles. The van der Waals surface area contributed by atoms with E-state index in [4.69, 9.17) is 37.0 Å². The van der Waals surface area contributed by atoms with E-state index >= 15 is 0 Å². The zero-order valence-electron chi connectivity index (χ0n) is 76.3. The average molecular weight is 1680 g/mol. The summed E-state index contributed by atoms with van der Waals surface area (Å²) < 4.78 is 69.2. The second-order valence-electron chi connectivity index (χ2n) is 35.4. The summed E-state index contributed by atoms with van der Waals surface area (Å²) >= 11 is 0. The number of esters is 4. The molecule has 0 rings (SSSR count). The van der Waals surface area contributed by atoms with Crippen molar-refractivity contribution in [2.75, 3.05) is 39.6 Å². The summed E-state index contributed by atoms with van der Waals surface area (Å²) in [7, 11) is -9.94. The van der Waals surface area contributed by atoms with Crippen molar-refractivity contribution in [3.63, 3.8) is 0 Å². The average Bonchev–Trinajstić information content (AvgIpc) is 0.891. The van der Waals surface area contributed by atoms with Crippen LogP contribution in [0.5, 0.6) is 0 Å². The van der Waals surface area contributed by atoms with Crippen LogP contribution in [0.3, 0.4) is 0 Å². The third-order valence-corrected chi connectivity index (χ3v) is 25.3. The second kappa shape index (κ2) is 85.6. The monoisotopic (exact) mass is 1680 g/mol. The fraction of sp³-hybridized carbons (Fsp3) is 0.958. The maximum absolute atomic E-state index is 13.2. The van der Waals surface area contributed by atoms with Gasteiger partial charge in [0.1, 0.15) is 19.3 Å². The van der Waals surface area contributed by atoms with Crippen molar-refractivity contribution < 1.29 is 80.2 Å². The molecule has 0 aromatic rings. The highest BCUT2D eigenvalue weighted by molar-refractivity contribution is 7.47. The third kappa shape index (κ3) is 86.8. The Morgan fingerprint density at radius 2 is 0.443 bits per heavy atom. The van der Waals surface area contributed by atoms with Gasteiger partial charge in [0.2, 0.25) is 0 Å². The maximum atomic E-state index is 13.2. The first-order valence-electron chi connectivity index (χ1n) is 49.4. The van der Waals surface area contributed by atoms with Crippen LogP contribution in [0.15, 0.2) is 0 Å². The molecule has 7 atom stereocenters. The Kier molecular flexibility index (Phi) is 84.2. The van der Waals surface area contributed by atoms with Gasteiger partial charge in [-0.15, -0.1) is 0 Å². The molecular weight excluding hydrogens is 1490 g/mol. The van der Waals surface area contributed by atoms with Gasteiger partial charge in [0.25, 0.3) is 0 Å². The van der Waals surface area contributed by atoms with Crippen LogP contribution >= 0.6 is 15.6 Å². The van der Waals surface area contributed by atoms with Gasteiger partial charge < -0.3 is 33.8 Å². The van der Waals surface area contributed by atoms with Crippen LogP contribution in [-0.4, -0.2) is 96.7 Å². The van der Waals surface area contributed by atoms with E-state index in [1.807, 2.05) is 0 Å². The number of phosphoric acid groups is 2. The summed E-state index contributed by atoms with van der Waals surface area (Å²) in [4.78, 5) is 73.6. The number of hydrogen-bond acceptors (Lipinski definition) is 15. The van der Waals surface area contributed by atoms with Crippen molar-refractivity contribution in [3.05, 3.63) is 0 Å². The number of hydrogen-bond donors (Lipinski definition) is 3. The molecule has 684 valence electrons. The highest BCUT2D eigenvalue weighted by Gasteiger charge is 2.31. The fourth-order valence-electron chi connectivity index (χ4n) is 15.1. The minimum atomic E-state index is -4.97. The molecule has 0 saturated carbocycles. The Labute approximate surface area is 708 Å². The van der Waals surface area contributed by atoms with Crippen LogP contribution in [0.1, 0.15) is 517 Å². The zero-order valence-corrected chi connectivity index (χ0v) is 78.1. The van der Waals surface area contributed by atoms with Crippen LogP contribution in [0.2, 0.25) is 0 Å². The van der Waals surface area contributed by atoms with Gasteiger partial charge in [-0.25, -0.2) is 9.13 Å². The van der Waals surface area contributed by atoms with E-state index in [1.54, 1.807) is 0 Å². The Hall–Kier alpha value is -1.94. The Bertz CT molecular complexity index is 2200. The molecule has 0 radical (unpaired) electrons. The summed E-state index contributed by atoms with van der Waals surface area (Å²) in [6, 6.07) is 0. The molecule has 4 unspecified atom stereocenters. The van der Waals surface area contributed by atoms with Gasteiger partial charge in [0.05, 0.1) is 26.4 Å². The van der Waals surface area contributed by atoms with Gasteiger partial charge in [0.15, 0.2) is 12.2 Å². The van der Waals surface area contributed by atoms with E-state index in [0.717, 1.165) is 108 Å². The van der Waals surface area contributed by atoms with Gasteiger partial charge in [-0.3, -0.25) is 37.3 Å². The minimum absolute atomic E-state index is 0.109. The maximum Gasteiger partial charge on any atom is 0.472 e. The zero-order chi connectivity index (χ0) is 84.3. The van der Waals surface area contributed by atoms with E-state index in [9.17, 15) is 43.2 Å². The standard InChI is InChI=1S/C96H188O17P2/c1-8-11-12-13-14-15-16-42-49-56-63-70-77-93(98)106-83-91(112-96(101)80-73-66-59-52-45-38-32-26-25-27-33-39-46-53-60-67-74-87(4)5)85-110-114(102,103)108-81-90(97)82-109-115(104,105)111-86-92(113-95(100)79-72-65-58-51-44-37-31-24-20-18-22-29-35-41-48-55-62-69-76-89(7)10-3)84-107-94(99)78-71-64-57-50-43-36-30-23-19-17-21-28-34-40-47-54-61-68-75-88(6)9-2/h87-92,97H,8-86H2,1-7H3,(H,102,103)(H,104,105)/t88?,89?,90-,91+,92+/m0/s1. The van der Waals surface area contributed by atoms with E-state index in [2.05, 4.69) is 48.5 Å². The number of aliphatic hydroxyl groups excluding tert-OH is 1. The molecule has 0 aromatic carbocycles. The smallest absolute Gasteiger partial charge is 0.462 e. The lowest BCUT2D eigenvalue weighted by atomic mass is 9.99. The molecule has 17 nitrogen and oxygen atoms in total. The van der Waals surface area contributed by atoms with Crippen molar-refractivity contribution >= 4 is 39.5 Å². The van der Waals surface area contributed by atoms with Crippen molar-refractivity contribution in [2.45, 2.75) is 535 Å². The molecule has 0 fully saturated rings. The predicted octanol–water partition coefficient (Wildman–Crippen LogP) is 30.0. The second-order valence-corrected chi connectivity index (χ2v) is 38.3. The van der Waals surface area contributed by atoms with E-state index in [1.165, 1.54) is 327 Å². The van der Waals surface area contributed by atoms with Gasteiger partial charge >= 0.3 is 39.5 Å². The van der Waals surface area contributed by atoms with Crippen molar-refractivity contribution in [3.8, 4) is 0 Å². The van der Waals surface area contributed by atoms with Crippen molar-refractivity contribution in [1.82, 2.24) is 0 Å². The molecule has 0 aliphatic rings. The summed E-state index contributed by atoms with van der Waals surface area (Å²) in [5.74, 6) is 0.463. The lowest BCUT2D eigenvalue weighted by Gasteiger charge is -2.21. The van der Waals surface area contributed by atoms with E-state index in [0.29, 0.717) is 25.7 Å². The van der Waals surface area contributed by atoms with Crippen LogP contribution in [0.25, 0.3) is 0 Å². The molecule has 3 N–H and O–H groups in total. The number of carbonyl (C=O) groups excluding carboxylic acids is 4. The first-order valence-corrected chi connectivity index (χ1v) is 52.4. The van der Waals surface area contributed by atoms with Gasteiger partial charge in [-0.2, -0.15) is 0 Å². The summed E-state index contributed by atoms with van der Waals surface area (Å²) in [5.41, 5.74) is 0. The molecule has 0 spiro atoms.